The lowest BCUT2D eigenvalue weighted by Gasteiger charge is -2.42. The lowest BCUT2D eigenvalue weighted by atomic mass is 9.95. The third kappa shape index (κ3) is 4.99. The van der Waals surface area contributed by atoms with Crippen molar-refractivity contribution in [1.29, 1.82) is 0 Å². The second kappa shape index (κ2) is 10.8. The number of para-hydroxylation sites is 1. The number of hydrogen-bond acceptors (Lipinski definition) is 7. The zero-order valence-electron chi connectivity index (χ0n) is 22.0. The molecule has 0 spiro atoms. The fourth-order valence-corrected chi connectivity index (χ4v) is 5.46. The number of piperidine rings is 1. The molecule has 5 rings (SSSR count). The topological polar surface area (TPSA) is 93.1 Å². The van der Waals surface area contributed by atoms with Crippen LogP contribution in [-0.4, -0.2) is 55.3 Å². The summed E-state index contributed by atoms with van der Waals surface area (Å²) in [7, 11) is 1.20. The number of esters is 1. The average Bonchev–Trinajstić information content (AvgIpc) is 3.32. The van der Waals surface area contributed by atoms with Crippen molar-refractivity contribution < 1.29 is 37.1 Å². The number of benzene rings is 2. The van der Waals surface area contributed by atoms with E-state index in [0.717, 1.165) is 30.0 Å². The van der Waals surface area contributed by atoms with Gasteiger partial charge in [0.1, 0.15) is 5.69 Å². The molecule has 1 amide bonds. The van der Waals surface area contributed by atoms with Crippen molar-refractivity contribution in [3.63, 3.8) is 0 Å². The highest BCUT2D eigenvalue weighted by atomic mass is 19.4. The average molecular weight is 559 g/mol. The molecule has 3 heterocycles. The molecular weight excluding hydrogens is 529 g/mol. The molecule has 2 aliphatic heterocycles. The molecule has 40 heavy (non-hydrogen) atoms. The van der Waals surface area contributed by atoms with Crippen molar-refractivity contribution in [2.75, 3.05) is 36.7 Å². The van der Waals surface area contributed by atoms with Crippen LogP contribution >= 0.6 is 0 Å². The number of carbonyl (C=O) groups is 3. The quantitative estimate of drug-likeness (QED) is 0.450. The van der Waals surface area contributed by atoms with Gasteiger partial charge in [-0.15, -0.1) is 0 Å². The summed E-state index contributed by atoms with van der Waals surface area (Å²) >= 11 is 0. The number of alkyl halides is 3. The number of ether oxygens (including phenoxy) is 1. The minimum Gasteiger partial charge on any atom is -0.465 e. The number of nitrogens with one attached hydrogen (secondary N) is 1. The molecule has 12 heteroatoms. The summed E-state index contributed by atoms with van der Waals surface area (Å²) in [5.41, 5.74) is 1.48. The Hall–Kier alpha value is -4.06. The summed E-state index contributed by atoms with van der Waals surface area (Å²) in [5.74, 6) is -3.65. The summed E-state index contributed by atoms with van der Waals surface area (Å²) in [5, 5.41) is 4.68. The van der Waals surface area contributed by atoms with Crippen LogP contribution in [0.3, 0.4) is 0 Å². The molecule has 1 aromatic heterocycles. The van der Waals surface area contributed by atoms with E-state index >= 15 is 0 Å². The predicted molar refractivity (Wildman–Crippen MR) is 141 cm³/mol. The second-order valence-corrected chi connectivity index (χ2v) is 9.85. The van der Waals surface area contributed by atoms with Gasteiger partial charge in [-0.25, -0.2) is 9.59 Å². The molecule has 2 aliphatic rings. The van der Waals surface area contributed by atoms with Gasteiger partial charge >= 0.3 is 18.1 Å². The van der Waals surface area contributed by atoms with Gasteiger partial charge in [0.05, 0.1) is 18.4 Å². The summed E-state index contributed by atoms with van der Waals surface area (Å²) in [6, 6.07) is 9.94. The minimum absolute atomic E-state index is 0.0481. The lowest BCUT2D eigenvalue weighted by molar-refractivity contribution is -0.202. The predicted octanol–water partition coefficient (Wildman–Crippen LogP) is 4.36. The molecule has 3 aromatic rings. The number of aryl methyl sites for hydroxylation is 1. The van der Waals surface area contributed by atoms with E-state index in [2.05, 4.69) is 5.32 Å². The first-order valence-corrected chi connectivity index (χ1v) is 13.0. The van der Waals surface area contributed by atoms with Crippen LogP contribution in [0.2, 0.25) is 0 Å². The highest BCUT2D eigenvalue weighted by Gasteiger charge is 2.48. The zero-order chi connectivity index (χ0) is 28.6. The Kier molecular flexibility index (Phi) is 7.45. The van der Waals surface area contributed by atoms with Crippen molar-refractivity contribution in [2.45, 2.75) is 38.5 Å². The van der Waals surface area contributed by atoms with Gasteiger partial charge in [0.15, 0.2) is 6.04 Å². The van der Waals surface area contributed by atoms with Crippen molar-refractivity contribution in [3.05, 3.63) is 59.8 Å². The Morgan fingerprint density at radius 2 is 1.90 bits per heavy atom. The van der Waals surface area contributed by atoms with Crippen LogP contribution in [0.1, 0.15) is 41.7 Å². The Labute approximate surface area is 228 Å². The highest BCUT2D eigenvalue weighted by Crippen LogP contribution is 2.45. The Bertz CT molecular complexity index is 1450. The molecule has 0 saturated carbocycles. The number of fused-ring (bicyclic) bond motifs is 2. The Morgan fingerprint density at radius 1 is 1.12 bits per heavy atom. The van der Waals surface area contributed by atoms with Crippen molar-refractivity contribution in [3.8, 4) is 0 Å². The van der Waals surface area contributed by atoms with Crippen LogP contribution in [0.25, 0.3) is 10.9 Å². The fourth-order valence-electron chi connectivity index (χ4n) is 5.46. The molecule has 212 valence electrons. The largest absolute Gasteiger partial charge is 0.493 e. The third-order valence-corrected chi connectivity index (χ3v) is 7.37. The van der Waals surface area contributed by atoms with Crippen LogP contribution < -0.4 is 15.3 Å². The number of carbonyl (C=O) groups excluding carboxylic acids is 3. The van der Waals surface area contributed by atoms with E-state index in [1.807, 2.05) is 23.6 Å². The van der Waals surface area contributed by atoms with E-state index in [0.29, 0.717) is 24.0 Å². The van der Waals surface area contributed by atoms with Gasteiger partial charge in [-0.3, -0.25) is 4.79 Å². The number of methoxy groups -OCH3 is 1. The zero-order valence-corrected chi connectivity index (χ0v) is 22.0. The summed E-state index contributed by atoms with van der Waals surface area (Å²) in [4.78, 5) is 45.3. The van der Waals surface area contributed by atoms with Crippen LogP contribution in [0, 0.1) is 5.92 Å². The van der Waals surface area contributed by atoms with Gasteiger partial charge in [0, 0.05) is 35.8 Å². The van der Waals surface area contributed by atoms with Crippen LogP contribution in [0.5, 0.6) is 0 Å². The van der Waals surface area contributed by atoms with Crippen LogP contribution in [0.4, 0.5) is 24.5 Å². The molecule has 1 fully saturated rings. The molecule has 0 aliphatic carbocycles. The Morgan fingerprint density at radius 3 is 2.58 bits per heavy atom. The second-order valence-electron chi connectivity index (χ2n) is 9.85. The summed E-state index contributed by atoms with van der Waals surface area (Å²) in [6.45, 7) is 4.22. The van der Waals surface area contributed by atoms with Gasteiger partial charge in [0.25, 0.3) is 5.91 Å². The maximum absolute atomic E-state index is 14.4. The van der Waals surface area contributed by atoms with Crippen LogP contribution in [0.15, 0.2) is 48.7 Å². The third-order valence-electron chi connectivity index (χ3n) is 7.37. The van der Waals surface area contributed by atoms with Crippen LogP contribution in [-0.2, 0) is 25.7 Å². The molecule has 1 N–H and O–H groups in total. The maximum atomic E-state index is 14.4. The van der Waals surface area contributed by atoms with Crippen molar-refractivity contribution in [1.82, 2.24) is 9.88 Å². The fraction of sp³-hybridized carbons (Fsp3) is 0.393. The minimum atomic E-state index is -5.30. The summed E-state index contributed by atoms with van der Waals surface area (Å²) < 4.78 is 47.1. The number of hydroxylamine groups is 1. The molecule has 2 unspecified atom stereocenters. The molecule has 2 aromatic carbocycles. The van der Waals surface area contributed by atoms with E-state index < -0.39 is 30.1 Å². The monoisotopic (exact) mass is 558 g/mol. The van der Waals surface area contributed by atoms with Gasteiger partial charge in [0.2, 0.25) is 0 Å². The molecule has 2 atom stereocenters. The first kappa shape index (κ1) is 27.5. The van der Waals surface area contributed by atoms with Gasteiger partial charge < -0.3 is 24.4 Å². The van der Waals surface area contributed by atoms with E-state index in [-0.39, 0.29) is 29.4 Å². The molecule has 0 bridgehead atoms. The van der Waals surface area contributed by atoms with E-state index in [1.54, 1.807) is 18.3 Å². The van der Waals surface area contributed by atoms with Gasteiger partial charge in [-0.05, 0) is 63.0 Å². The number of nitrogens with zero attached hydrogens (tertiary/aromatic N) is 3. The molecule has 9 nitrogen and oxygen atoms in total. The number of hydrogen-bond donors (Lipinski definition) is 1. The normalized spacial score (nSPS) is 19.5. The number of aromatic nitrogens is 1. The summed E-state index contributed by atoms with van der Waals surface area (Å²) in [6.07, 6.45) is -1.85. The first-order valence-electron chi connectivity index (χ1n) is 13.0. The number of amides is 1. The van der Waals surface area contributed by atoms with Gasteiger partial charge in [-0.2, -0.15) is 18.2 Å². The number of anilines is 2. The first-order chi connectivity index (χ1) is 19.1. The lowest BCUT2D eigenvalue weighted by Crippen LogP contribution is -2.52. The maximum Gasteiger partial charge on any atom is 0.493 e. The standard InChI is InChI=1S/C28H29F3N4O5/c1-3-33-16-20(19-8-4-5-9-21(19)33)24-25(36)34(15-17-7-6-12-32-14-17)23-13-18(26(37)39-2)10-11-22(23)35(24)40-27(38)28(29,30)31/h4-5,8-11,13,16-17,24,32H,3,6-7,12,14-15H2,1-2H3. The van der Waals surface area contributed by atoms with Crippen molar-refractivity contribution >= 4 is 40.1 Å². The number of rotatable bonds is 6. The highest BCUT2D eigenvalue weighted by molar-refractivity contribution is 6.09. The molecule has 1 saturated heterocycles. The molecular formula is C28H29F3N4O5. The van der Waals surface area contributed by atoms with Crippen molar-refractivity contribution in [2.24, 2.45) is 5.92 Å². The van der Waals surface area contributed by atoms with E-state index in [1.165, 1.54) is 30.2 Å². The number of halogens is 3. The van der Waals surface area contributed by atoms with Gasteiger partial charge in [-0.1, -0.05) is 18.2 Å². The Balaban J connectivity index is 1.71. The van der Waals surface area contributed by atoms with E-state index in [4.69, 9.17) is 9.57 Å². The SMILES string of the molecule is CCn1cc(C2C(=O)N(CC3CCCNC3)c3cc(C(=O)OC)ccc3N2OC(=O)C(F)(F)F)c2ccccc21. The van der Waals surface area contributed by atoms with E-state index in [9.17, 15) is 27.6 Å². The smallest absolute Gasteiger partial charge is 0.465 e. The molecule has 0 radical (unpaired) electrons.